The summed E-state index contributed by atoms with van der Waals surface area (Å²) >= 11 is 0. The van der Waals surface area contributed by atoms with Crippen LogP contribution in [0.2, 0.25) is 0 Å². The first kappa shape index (κ1) is 11.0. The van der Waals surface area contributed by atoms with Crippen LogP contribution in [0.1, 0.15) is 12.5 Å². The summed E-state index contributed by atoms with van der Waals surface area (Å²) in [5.74, 6) is 0. The average Bonchev–Trinajstić information content (AvgIpc) is 2.15. The second-order valence-corrected chi connectivity index (χ2v) is 4.87. The van der Waals surface area contributed by atoms with Crippen LogP contribution in [0.5, 0.6) is 0 Å². The highest BCUT2D eigenvalue weighted by atomic mass is 31.2. The highest BCUT2D eigenvalue weighted by molar-refractivity contribution is 7.53. The molecule has 1 heterocycles. The molecular formula is C8H11N2O3P. The quantitative estimate of drug-likeness (QED) is 0.517. The summed E-state index contributed by atoms with van der Waals surface area (Å²) in [4.78, 5) is 21.5. The van der Waals surface area contributed by atoms with Crippen LogP contribution in [-0.2, 0) is 4.57 Å². The smallest absolute Gasteiger partial charge is 0.324 e. The maximum absolute atomic E-state index is 10.9. The van der Waals surface area contributed by atoms with E-state index in [-0.39, 0.29) is 5.71 Å². The molecule has 3 N–H and O–H groups in total. The Labute approximate surface area is 81.5 Å². The first-order valence-corrected chi connectivity index (χ1v) is 5.65. The Morgan fingerprint density at radius 1 is 1.50 bits per heavy atom. The number of nitrogens with one attached hydrogen (secondary N) is 1. The number of hydrogen-bond acceptors (Lipinski definition) is 3. The summed E-state index contributed by atoms with van der Waals surface area (Å²) in [6.07, 6.45) is 2.96. The third-order valence-electron chi connectivity index (χ3n) is 1.91. The van der Waals surface area contributed by atoms with Crippen LogP contribution in [0.4, 0.5) is 0 Å². The highest BCUT2D eigenvalue weighted by Crippen LogP contribution is 2.42. The molecule has 1 aromatic heterocycles. The zero-order valence-corrected chi connectivity index (χ0v) is 8.48. The fraction of sp³-hybridized carbons (Fsp3) is 0.250. The Kier molecular flexibility index (Phi) is 3.16. The van der Waals surface area contributed by atoms with Crippen LogP contribution >= 0.6 is 7.60 Å². The lowest BCUT2D eigenvalue weighted by atomic mass is 10.1. The largest absolute Gasteiger partial charge is 0.334 e. The van der Waals surface area contributed by atoms with Gasteiger partial charge < -0.3 is 15.2 Å². The maximum Gasteiger partial charge on any atom is 0.334 e. The molecule has 0 saturated heterocycles. The summed E-state index contributed by atoms with van der Waals surface area (Å²) in [6.45, 7) is 1.34. The second-order valence-electron chi connectivity index (χ2n) is 2.91. The molecule has 0 spiro atoms. The Morgan fingerprint density at radius 3 is 2.43 bits per heavy atom. The van der Waals surface area contributed by atoms with Gasteiger partial charge >= 0.3 is 7.60 Å². The van der Waals surface area contributed by atoms with Crippen molar-refractivity contribution in [3.05, 3.63) is 30.1 Å². The molecule has 0 radical (unpaired) electrons. The molecular weight excluding hydrogens is 203 g/mol. The highest BCUT2D eigenvalue weighted by Gasteiger charge is 2.28. The SMILES string of the molecule is CC(C(=N)c1ccncc1)P(=O)(O)O. The first-order valence-electron chi connectivity index (χ1n) is 3.97. The van der Waals surface area contributed by atoms with Crippen LogP contribution in [0.3, 0.4) is 0 Å². The van der Waals surface area contributed by atoms with Gasteiger partial charge in [-0.25, -0.2) is 0 Å². The van der Waals surface area contributed by atoms with Crippen LogP contribution in [-0.4, -0.2) is 26.1 Å². The van der Waals surface area contributed by atoms with Gasteiger partial charge in [0.05, 0.1) is 5.71 Å². The minimum Gasteiger partial charge on any atom is -0.324 e. The first-order chi connectivity index (χ1) is 6.43. The molecule has 0 aliphatic heterocycles. The molecule has 0 amide bonds. The lowest BCUT2D eigenvalue weighted by Crippen LogP contribution is -2.17. The lowest BCUT2D eigenvalue weighted by Gasteiger charge is -2.14. The third kappa shape index (κ3) is 2.48. The molecule has 0 aromatic carbocycles. The third-order valence-corrected chi connectivity index (χ3v) is 3.18. The van der Waals surface area contributed by atoms with E-state index < -0.39 is 13.3 Å². The van der Waals surface area contributed by atoms with Crippen LogP contribution in [0, 0.1) is 5.41 Å². The lowest BCUT2D eigenvalue weighted by molar-refractivity contribution is 0.369. The molecule has 5 nitrogen and oxygen atoms in total. The predicted octanol–water partition coefficient (Wildman–Crippen LogP) is 1.02. The van der Waals surface area contributed by atoms with E-state index in [2.05, 4.69) is 4.98 Å². The molecule has 6 heteroatoms. The number of rotatable bonds is 3. The monoisotopic (exact) mass is 214 g/mol. The number of aromatic nitrogens is 1. The average molecular weight is 214 g/mol. The molecule has 1 rings (SSSR count). The van der Waals surface area contributed by atoms with Crippen molar-refractivity contribution < 1.29 is 14.4 Å². The normalized spacial score (nSPS) is 13.6. The summed E-state index contributed by atoms with van der Waals surface area (Å²) in [5, 5.41) is 7.57. The van der Waals surface area contributed by atoms with Gasteiger partial charge in [-0.05, 0) is 24.6 Å². The van der Waals surface area contributed by atoms with E-state index in [4.69, 9.17) is 15.2 Å². The van der Waals surface area contributed by atoms with Crippen LogP contribution in [0.25, 0.3) is 0 Å². The van der Waals surface area contributed by atoms with E-state index in [1.54, 1.807) is 12.1 Å². The van der Waals surface area contributed by atoms with Gasteiger partial charge in [0.15, 0.2) is 0 Å². The van der Waals surface area contributed by atoms with Gasteiger partial charge in [-0.15, -0.1) is 0 Å². The standard InChI is InChI=1S/C8H11N2O3P/c1-6(14(11,12)13)8(9)7-2-4-10-5-3-7/h2-6,9H,1H3,(H2,11,12,13). The summed E-state index contributed by atoms with van der Waals surface area (Å²) in [6, 6.07) is 3.10. The maximum atomic E-state index is 10.9. The minimum atomic E-state index is -4.22. The summed E-state index contributed by atoms with van der Waals surface area (Å²) < 4.78 is 10.9. The van der Waals surface area contributed by atoms with E-state index in [1.165, 1.54) is 19.3 Å². The van der Waals surface area contributed by atoms with Crippen LogP contribution < -0.4 is 0 Å². The van der Waals surface area contributed by atoms with Gasteiger partial charge in [0.25, 0.3) is 0 Å². The molecule has 1 aromatic rings. The second kappa shape index (κ2) is 4.00. The van der Waals surface area contributed by atoms with Crippen molar-refractivity contribution in [2.45, 2.75) is 12.6 Å². The van der Waals surface area contributed by atoms with Gasteiger partial charge in [-0.3, -0.25) is 9.55 Å². The molecule has 14 heavy (non-hydrogen) atoms. The van der Waals surface area contributed by atoms with Crippen molar-refractivity contribution in [3.8, 4) is 0 Å². The van der Waals surface area contributed by atoms with Gasteiger partial charge in [-0.1, -0.05) is 0 Å². The molecule has 0 aliphatic carbocycles. The molecule has 1 unspecified atom stereocenters. The molecule has 0 fully saturated rings. The fourth-order valence-corrected chi connectivity index (χ4v) is 1.43. The van der Waals surface area contributed by atoms with E-state index in [0.717, 1.165) is 0 Å². The number of pyridine rings is 1. The summed E-state index contributed by atoms with van der Waals surface area (Å²) in [5.41, 5.74) is -0.665. The van der Waals surface area contributed by atoms with Gasteiger partial charge in [0, 0.05) is 12.4 Å². The van der Waals surface area contributed by atoms with Crippen molar-refractivity contribution in [3.63, 3.8) is 0 Å². The van der Waals surface area contributed by atoms with E-state index in [9.17, 15) is 4.57 Å². The summed E-state index contributed by atoms with van der Waals surface area (Å²) in [7, 11) is -4.22. The van der Waals surface area contributed by atoms with E-state index in [1.807, 2.05) is 0 Å². The van der Waals surface area contributed by atoms with Gasteiger partial charge in [0.2, 0.25) is 0 Å². The fourth-order valence-electron chi connectivity index (χ4n) is 0.941. The van der Waals surface area contributed by atoms with Crippen molar-refractivity contribution in [1.29, 1.82) is 5.41 Å². The van der Waals surface area contributed by atoms with Crippen molar-refractivity contribution in [1.82, 2.24) is 4.98 Å². The predicted molar refractivity (Wildman–Crippen MR) is 52.6 cm³/mol. The molecule has 0 aliphatic rings. The van der Waals surface area contributed by atoms with Crippen molar-refractivity contribution >= 4 is 13.3 Å². The Bertz CT molecular complexity index is 373. The minimum absolute atomic E-state index is 0.0688. The van der Waals surface area contributed by atoms with E-state index >= 15 is 0 Å². The number of nitrogens with zero attached hydrogens (tertiary/aromatic N) is 1. The Hall–Kier alpha value is -1.03. The molecule has 1 atom stereocenters. The molecule has 76 valence electrons. The topological polar surface area (TPSA) is 94.3 Å². The Morgan fingerprint density at radius 2 is 2.00 bits per heavy atom. The van der Waals surface area contributed by atoms with E-state index in [0.29, 0.717) is 5.56 Å². The zero-order chi connectivity index (χ0) is 10.8. The Balaban J connectivity index is 2.93. The van der Waals surface area contributed by atoms with Gasteiger partial charge in [0.1, 0.15) is 5.66 Å². The molecule has 0 saturated carbocycles. The molecule has 0 bridgehead atoms. The van der Waals surface area contributed by atoms with Crippen LogP contribution in [0.15, 0.2) is 24.5 Å². The van der Waals surface area contributed by atoms with Gasteiger partial charge in [-0.2, -0.15) is 0 Å². The van der Waals surface area contributed by atoms with Crippen molar-refractivity contribution in [2.24, 2.45) is 0 Å². The number of hydrogen-bond donors (Lipinski definition) is 3. The zero-order valence-electron chi connectivity index (χ0n) is 7.58. The van der Waals surface area contributed by atoms with Crippen molar-refractivity contribution in [2.75, 3.05) is 0 Å².